The normalized spacial score (nSPS) is 13.6. The molecular weight excluding hydrogens is 156 g/mol. The predicted molar refractivity (Wildman–Crippen MR) is 64.0 cm³/mol. The molecule has 0 radical (unpaired) electrons. The van der Waals surface area contributed by atoms with Crippen LogP contribution in [0.15, 0.2) is 0 Å². The molecule has 0 fully saturated rings. The van der Waals surface area contributed by atoms with Gasteiger partial charge in [-0.2, -0.15) is 0 Å². The molecule has 0 aliphatic rings. The third-order valence-electron chi connectivity index (χ3n) is 2.47. The molecule has 0 N–H and O–H groups in total. The molecule has 0 nitrogen and oxygen atoms in total. The third-order valence-corrected chi connectivity index (χ3v) is 2.47. The van der Waals surface area contributed by atoms with Crippen LogP contribution in [-0.4, -0.2) is 0 Å². The Morgan fingerprint density at radius 2 is 1.38 bits per heavy atom. The quantitative estimate of drug-likeness (QED) is 0.573. The summed E-state index contributed by atoms with van der Waals surface area (Å²) in [6, 6.07) is 0. The van der Waals surface area contributed by atoms with Crippen LogP contribution in [0.25, 0.3) is 0 Å². The first-order valence-corrected chi connectivity index (χ1v) is 5.88. The van der Waals surface area contributed by atoms with Crippen LogP contribution in [0.1, 0.15) is 68.2 Å². The van der Waals surface area contributed by atoms with Crippen LogP contribution in [-0.2, 0) is 0 Å². The van der Waals surface area contributed by atoms with Gasteiger partial charge in [-0.25, -0.2) is 0 Å². The van der Waals surface area contributed by atoms with Crippen molar-refractivity contribution in [3.05, 3.63) is 0 Å². The zero-order valence-electron chi connectivity index (χ0n) is 11.1. The van der Waals surface area contributed by atoms with Crippen LogP contribution >= 0.6 is 0 Å². The highest BCUT2D eigenvalue weighted by atomic mass is 14.3. The second kappa shape index (κ2) is 7.41. The molecule has 0 spiro atoms. The predicted octanol–water partition coefficient (Wildman–Crippen LogP) is 5.13. The molecule has 82 valence electrons. The van der Waals surface area contributed by atoms with E-state index in [-0.39, 0.29) is 0 Å². The number of hydrogen-bond acceptors (Lipinski definition) is 0. The molecule has 0 bridgehead atoms. The lowest BCUT2D eigenvalue weighted by atomic mass is 9.75. The van der Waals surface area contributed by atoms with Crippen molar-refractivity contribution in [1.82, 2.24) is 0 Å². The summed E-state index contributed by atoms with van der Waals surface area (Å²) < 4.78 is 0. The fourth-order valence-corrected chi connectivity index (χ4v) is 1.70. The molecular formula is C13H30. The Bertz CT molecular complexity index is 95.1. The van der Waals surface area contributed by atoms with Gasteiger partial charge in [0.15, 0.2) is 0 Å². The molecule has 1 unspecified atom stereocenters. The summed E-state index contributed by atoms with van der Waals surface area (Å²) in [5.74, 6) is 1.74. The topological polar surface area (TPSA) is 0 Å². The summed E-state index contributed by atoms with van der Waals surface area (Å²) in [5, 5.41) is 0. The molecule has 0 aliphatic carbocycles. The minimum atomic E-state index is 0.499. The van der Waals surface area contributed by atoms with Gasteiger partial charge in [0.1, 0.15) is 0 Å². The molecule has 0 heterocycles. The highest BCUT2D eigenvalue weighted by molar-refractivity contribution is 4.73. The van der Waals surface area contributed by atoms with E-state index in [4.69, 9.17) is 0 Å². The lowest BCUT2D eigenvalue weighted by molar-refractivity contribution is 0.198. The molecule has 0 aliphatic heterocycles. The Labute approximate surface area is 86.1 Å². The van der Waals surface area contributed by atoms with Crippen molar-refractivity contribution in [2.75, 3.05) is 0 Å². The summed E-state index contributed by atoms with van der Waals surface area (Å²) in [4.78, 5) is 0. The summed E-state index contributed by atoms with van der Waals surface area (Å²) >= 11 is 0. The van der Waals surface area contributed by atoms with Gasteiger partial charge < -0.3 is 0 Å². The first kappa shape index (κ1) is 15.5. The molecule has 0 saturated heterocycles. The summed E-state index contributed by atoms with van der Waals surface area (Å²) in [7, 11) is 0. The van der Waals surface area contributed by atoms with E-state index in [9.17, 15) is 0 Å². The second-order valence-corrected chi connectivity index (χ2v) is 5.10. The number of rotatable bonds is 3. The van der Waals surface area contributed by atoms with Crippen molar-refractivity contribution in [3.8, 4) is 0 Å². The molecule has 1 atom stereocenters. The fraction of sp³-hybridized carbons (Fsp3) is 1.00. The Morgan fingerprint density at radius 3 is 1.46 bits per heavy atom. The van der Waals surface area contributed by atoms with Crippen molar-refractivity contribution in [2.45, 2.75) is 68.2 Å². The zero-order chi connectivity index (χ0) is 11.1. The minimum Gasteiger partial charge on any atom is -0.0683 e. The summed E-state index contributed by atoms with van der Waals surface area (Å²) in [6.45, 7) is 18.0. The van der Waals surface area contributed by atoms with Crippen molar-refractivity contribution in [2.24, 2.45) is 17.3 Å². The Morgan fingerprint density at radius 1 is 1.00 bits per heavy atom. The second-order valence-electron chi connectivity index (χ2n) is 5.10. The summed E-state index contributed by atoms with van der Waals surface area (Å²) in [5.41, 5.74) is 0.499. The van der Waals surface area contributed by atoms with E-state index in [1.807, 2.05) is 13.8 Å². The highest BCUT2D eigenvalue weighted by Gasteiger charge is 2.22. The minimum absolute atomic E-state index is 0.499. The van der Waals surface area contributed by atoms with Gasteiger partial charge in [-0.15, -0.1) is 0 Å². The van der Waals surface area contributed by atoms with E-state index in [2.05, 4.69) is 41.5 Å². The van der Waals surface area contributed by atoms with Crippen LogP contribution in [0.5, 0.6) is 0 Å². The largest absolute Gasteiger partial charge is 0.0683 e. The van der Waals surface area contributed by atoms with E-state index >= 15 is 0 Å². The standard InChI is InChI=1S/C11H24.C2H6/c1-7-10(8-9(2)3)11(4,5)6;1-2/h9-10H,7-8H2,1-6H3;1-2H3. The van der Waals surface area contributed by atoms with Crippen LogP contribution < -0.4 is 0 Å². The smallest absolute Gasteiger partial charge is 0.0354 e. The average Bonchev–Trinajstić information content (AvgIpc) is 2.01. The van der Waals surface area contributed by atoms with Gasteiger partial charge in [-0.05, 0) is 23.7 Å². The first-order chi connectivity index (χ1) is 5.88. The molecule has 13 heavy (non-hydrogen) atoms. The monoisotopic (exact) mass is 186 g/mol. The molecule has 0 rings (SSSR count). The van der Waals surface area contributed by atoms with Gasteiger partial charge in [0.2, 0.25) is 0 Å². The zero-order valence-corrected chi connectivity index (χ0v) is 11.1. The van der Waals surface area contributed by atoms with Gasteiger partial charge in [-0.3, -0.25) is 0 Å². The summed E-state index contributed by atoms with van der Waals surface area (Å²) in [6.07, 6.45) is 2.70. The maximum absolute atomic E-state index is 2.35. The van der Waals surface area contributed by atoms with Gasteiger partial charge >= 0.3 is 0 Å². The van der Waals surface area contributed by atoms with Gasteiger partial charge in [0, 0.05) is 0 Å². The lowest BCUT2D eigenvalue weighted by Gasteiger charge is -2.31. The molecule has 0 aromatic heterocycles. The molecule has 0 amide bonds. The van der Waals surface area contributed by atoms with Crippen molar-refractivity contribution >= 4 is 0 Å². The SMILES string of the molecule is CC.CCC(CC(C)C)C(C)(C)C. The number of hydrogen-bond donors (Lipinski definition) is 0. The molecule has 0 aromatic rings. The molecule has 0 saturated carbocycles. The van der Waals surface area contributed by atoms with E-state index in [1.54, 1.807) is 0 Å². The van der Waals surface area contributed by atoms with Crippen molar-refractivity contribution < 1.29 is 0 Å². The average molecular weight is 186 g/mol. The van der Waals surface area contributed by atoms with Crippen LogP contribution in [0.4, 0.5) is 0 Å². The maximum atomic E-state index is 2.35. The Kier molecular flexibility index (Phi) is 8.82. The first-order valence-electron chi connectivity index (χ1n) is 5.88. The Hall–Kier alpha value is 0. The van der Waals surface area contributed by atoms with E-state index < -0.39 is 0 Å². The fourth-order valence-electron chi connectivity index (χ4n) is 1.70. The molecule has 0 heteroatoms. The highest BCUT2D eigenvalue weighted by Crippen LogP contribution is 2.33. The molecule has 0 aromatic carbocycles. The maximum Gasteiger partial charge on any atom is -0.0354 e. The van der Waals surface area contributed by atoms with Crippen molar-refractivity contribution in [3.63, 3.8) is 0 Å². The lowest BCUT2D eigenvalue weighted by Crippen LogP contribution is -2.21. The van der Waals surface area contributed by atoms with Crippen LogP contribution in [0.2, 0.25) is 0 Å². The van der Waals surface area contributed by atoms with E-state index in [0.717, 1.165) is 11.8 Å². The van der Waals surface area contributed by atoms with Crippen molar-refractivity contribution in [1.29, 1.82) is 0 Å². The Balaban J connectivity index is 0. The van der Waals surface area contributed by atoms with Gasteiger partial charge in [0.05, 0.1) is 0 Å². The van der Waals surface area contributed by atoms with E-state index in [1.165, 1.54) is 12.8 Å². The van der Waals surface area contributed by atoms with E-state index in [0.29, 0.717) is 5.41 Å². The van der Waals surface area contributed by atoms with Crippen LogP contribution in [0.3, 0.4) is 0 Å². The van der Waals surface area contributed by atoms with Gasteiger partial charge in [0.25, 0.3) is 0 Å². The van der Waals surface area contributed by atoms with Gasteiger partial charge in [-0.1, -0.05) is 61.8 Å². The third kappa shape index (κ3) is 8.33. The van der Waals surface area contributed by atoms with Crippen LogP contribution in [0, 0.1) is 17.3 Å².